The van der Waals surface area contributed by atoms with Gasteiger partial charge in [0.1, 0.15) is 17.8 Å². The quantitative estimate of drug-likeness (QED) is 0.753. The molecule has 24 heavy (non-hydrogen) atoms. The standard InChI is InChI=1S/C17H22ClN5O/c1-12-13(18)6-4-7-14(12)22-17(24)15-10-16(21-11-20-15)19-8-5-9-23(2)3/h4,6-7,10-11H,5,8-9H2,1-3H3,(H,22,24)(H,19,20,21). The third-order valence-electron chi connectivity index (χ3n) is 3.50. The number of rotatable bonds is 7. The van der Waals surface area contributed by atoms with Crippen molar-refractivity contribution in [2.75, 3.05) is 37.8 Å². The highest BCUT2D eigenvalue weighted by Crippen LogP contribution is 2.23. The second-order valence-corrected chi connectivity index (χ2v) is 6.15. The van der Waals surface area contributed by atoms with E-state index in [0.717, 1.165) is 25.1 Å². The van der Waals surface area contributed by atoms with Gasteiger partial charge in [-0.3, -0.25) is 4.79 Å². The van der Waals surface area contributed by atoms with Crippen LogP contribution in [-0.2, 0) is 0 Å². The van der Waals surface area contributed by atoms with Crippen molar-refractivity contribution in [3.05, 3.63) is 46.9 Å². The number of halogens is 1. The Bertz CT molecular complexity index is 705. The normalized spacial score (nSPS) is 10.7. The maximum Gasteiger partial charge on any atom is 0.274 e. The Labute approximate surface area is 147 Å². The molecule has 2 N–H and O–H groups in total. The predicted molar refractivity (Wildman–Crippen MR) is 97.8 cm³/mol. The van der Waals surface area contributed by atoms with Gasteiger partial charge in [0.2, 0.25) is 0 Å². The molecule has 0 saturated carbocycles. The molecule has 0 bridgehead atoms. The molecule has 2 aromatic rings. The molecule has 0 aliphatic carbocycles. The summed E-state index contributed by atoms with van der Waals surface area (Å²) < 4.78 is 0. The summed E-state index contributed by atoms with van der Waals surface area (Å²) in [4.78, 5) is 22.7. The number of hydrogen-bond acceptors (Lipinski definition) is 5. The summed E-state index contributed by atoms with van der Waals surface area (Å²) >= 11 is 6.07. The Morgan fingerprint density at radius 2 is 2.08 bits per heavy atom. The second kappa shape index (κ2) is 8.61. The number of anilines is 2. The van der Waals surface area contributed by atoms with Gasteiger partial charge in [-0.05, 0) is 51.7 Å². The van der Waals surface area contributed by atoms with Gasteiger partial charge in [-0.15, -0.1) is 0 Å². The molecule has 7 heteroatoms. The van der Waals surface area contributed by atoms with E-state index in [2.05, 4.69) is 25.5 Å². The molecule has 0 saturated heterocycles. The van der Waals surface area contributed by atoms with Crippen molar-refractivity contribution in [3.63, 3.8) is 0 Å². The summed E-state index contributed by atoms with van der Waals surface area (Å²) in [7, 11) is 4.07. The van der Waals surface area contributed by atoms with Gasteiger partial charge in [-0.25, -0.2) is 9.97 Å². The van der Waals surface area contributed by atoms with Crippen LogP contribution in [0.25, 0.3) is 0 Å². The van der Waals surface area contributed by atoms with E-state index in [1.54, 1.807) is 24.3 Å². The van der Waals surface area contributed by atoms with Crippen molar-refractivity contribution >= 4 is 29.0 Å². The van der Waals surface area contributed by atoms with Crippen LogP contribution < -0.4 is 10.6 Å². The predicted octanol–water partition coefficient (Wildman–Crippen LogP) is 3.05. The van der Waals surface area contributed by atoms with Crippen molar-refractivity contribution in [2.24, 2.45) is 0 Å². The Hall–Kier alpha value is -2.18. The van der Waals surface area contributed by atoms with Gasteiger partial charge >= 0.3 is 0 Å². The molecule has 1 aromatic heterocycles. The van der Waals surface area contributed by atoms with Crippen LogP contribution in [0.3, 0.4) is 0 Å². The van der Waals surface area contributed by atoms with Crippen LogP contribution in [0.15, 0.2) is 30.6 Å². The average molecular weight is 348 g/mol. The van der Waals surface area contributed by atoms with E-state index in [0.29, 0.717) is 22.2 Å². The molecule has 1 heterocycles. The minimum Gasteiger partial charge on any atom is -0.370 e. The summed E-state index contributed by atoms with van der Waals surface area (Å²) in [5.74, 6) is 0.343. The van der Waals surface area contributed by atoms with Crippen LogP contribution in [0.1, 0.15) is 22.5 Å². The van der Waals surface area contributed by atoms with Crippen LogP contribution in [0.4, 0.5) is 11.5 Å². The summed E-state index contributed by atoms with van der Waals surface area (Å²) in [6.07, 6.45) is 2.37. The largest absolute Gasteiger partial charge is 0.370 e. The highest BCUT2D eigenvalue weighted by molar-refractivity contribution is 6.31. The Morgan fingerprint density at radius 3 is 2.83 bits per heavy atom. The first-order valence-electron chi connectivity index (χ1n) is 7.74. The van der Waals surface area contributed by atoms with E-state index in [4.69, 9.17) is 11.6 Å². The van der Waals surface area contributed by atoms with Crippen LogP contribution >= 0.6 is 11.6 Å². The molecule has 2 rings (SSSR count). The fourth-order valence-electron chi connectivity index (χ4n) is 2.12. The van der Waals surface area contributed by atoms with E-state index >= 15 is 0 Å². The minimum atomic E-state index is -0.292. The molecule has 0 aliphatic rings. The Morgan fingerprint density at radius 1 is 1.29 bits per heavy atom. The SMILES string of the molecule is Cc1c(Cl)cccc1NC(=O)c1cc(NCCCN(C)C)ncn1. The first-order valence-corrected chi connectivity index (χ1v) is 8.12. The molecule has 0 unspecified atom stereocenters. The maximum atomic E-state index is 12.4. The topological polar surface area (TPSA) is 70.2 Å². The van der Waals surface area contributed by atoms with E-state index in [-0.39, 0.29) is 5.91 Å². The number of benzene rings is 1. The first kappa shape index (κ1) is 18.2. The lowest BCUT2D eigenvalue weighted by molar-refractivity contribution is 0.102. The Balaban J connectivity index is 1.99. The zero-order valence-corrected chi connectivity index (χ0v) is 14.9. The fourth-order valence-corrected chi connectivity index (χ4v) is 2.29. The van der Waals surface area contributed by atoms with Gasteiger partial charge in [-0.1, -0.05) is 17.7 Å². The zero-order chi connectivity index (χ0) is 17.5. The van der Waals surface area contributed by atoms with Crippen LogP contribution in [0.5, 0.6) is 0 Å². The average Bonchev–Trinajstić information content (AvgIpc) is 2.56. The van der Waals surface area contributed by atoms with Gasteiger partial charge in [0.15, 0.2) is 0 Å². The lowest BCUT2D eigenvalue weighted by Gasteiger charge is -2.11. The summed E-state index contributed by atoms with van der Waals surface area (Å²) in [5.41, 5.74) is 1.80. The number of carbonyl (C=O) groups excluding carboxylic acids is 1. The number of hydrogen-bond donors (Lipinski definition) is 2. The molecule has 1 amide bonds. The van der Waals surface area contributed by atoms with Crippen molar-refractivity contribution in [2.45, 2.75) is 13.3 Å². The lowest BCUT2D eigenvalue weighted by Crippen LogP contribution is -2.18. The molecule has 0 spiro atoms. The van der Waals surface area contributed by atoms with Gasteiger partial charge in [0.05, 0.1) is 0 Å². The zero-order valence-electron chi connectivity index (χ0n) is 14.1. The monoisotopic (exact) mass is 347 g/mol. The number of carbonyl (C=O) groups is 1. The maximum absolute atomic E-state index is 12.4. The number of aromatic nitrogens is 2. The number of nitrogens with one attached hydrogen (secondary N) is 2. The smallest absolute Gasteiger partial charge is 0.274 e. The molecule has 6 nitrogen and oxygen atoms in total. The molecular weight excluding hydrogens is 326 g/mol. The van der Waals surface area contributed by atoms with E-state index < -0.39 is 0 Å². The minimum absolute atomic E-state index is 0.292. The molecule has 0 atom stereocenters. The van der Waals surface area contributed by atoms with Crippen molar-refractivity contribution in [3.8, 4) is 0 Å². The number of amides is 1. The van der Waals surface area contributed by atoms with E-state index in [1.807, 2.05) is 21.0 Å². The summed E-state index contributed by atoms with van der Waals surface area (Å²) in [6.45, 7) is 3.62. The summed E-state index contributed by atoms with van der Waals surface area (Å²) in [6, 6.07) is 7.03. The van der Waals surface area contributed by atoms with Crippen LogP contribution in [0.2, 0.25) is 5.02 Å². The van der Waals surface area contributed by atoms with Gasteiger partial charge < -0.3 is 15.5 Å². The highest BCUT2D eigenvalue weighted by Gasteiger charge is 2.11. The van der Waals surface area contributed by atoms with E-state index in [9.17, 15) is 4.79 Å². The molecule has 1 aromatic carbocycles. The first-order chi connectivity index (χ1) is 11.5. The molecule has 0 fully saturated rings. The van der Waals surface area contributed by atoms with Crippen molar-refractivity contribution in [1.82, 2.24) is 14.9 Å². The third kappa shape index (κ3) is 5.18. The third-order valence-corrected chi connectivity index (χ3v) is 3.91. The van der Waals surface area contributed by atoms with Crippen molar-refractivity contribution in [1.29, 1.82) is 0 Å². The molecular formula is C17H22ClN5O. The lowest BCUT2D eigenvalue weighted by atomic mass is 10.2. The molecule has 0 radical (unpaired) electrons. The molecule has 0 aliphatic heterocycles. The van der Waals surface area contributed by atoms with E-state index in [1.165, 1.54) is 6.33 Å². The summed E-state index contributed by atoms with van der Waals surface area (Å²) in [5, 5.41) is 6.64. The second-order valence-electron chi connectivity index (χ2n) is 5.74. The Kier molecular flexibility index (Phi) is 6.52. The van der Waals surface area contributed by atoms with Crippen LogP contribution in [0, 0.1) is 6.92 Å². The van der Waals surface area contributed by atoms with Crippen LogP contribution in [-0.4, -0.2) is 48.0 Å². The highest BCUT2D eigenvalue weighted by atomic mass is 35.5. The van der Waals surface area contributed by atoms with Crippen molar-refractivity contribution < 1.29 is 4.79 Å². The number of nitrogens with zero attached hydrogens (tertiary/aromatic N) is 3. The van der Waals surface area contributed by atoms with Gasteiger partial charge in [-0.2, -0.15) is 0 Å². The van der Waals surface area contributed by atoms with Gasteiger partial charge in [0, 0.05) is 23.3 Å². The molecule has 128 valence electrons. The van der Waals surface area contributed by atoms with Gasteiger partial charge in [0.25, 0.3) is 5.91 Å². The fraction of sp³-hybridized carbons (Fsp3) is 0.353.